The van der Waals surface area contributed by atoms with Gasteiger partial charge in [0.05, 0.1) is 0 Å². The quantitative estimate of drug-likeness (QED) is 0.599. The molecule has 3 heteroatoms. The van der Waals surface area contributed by atoms with E-state index in [0.29, 0.717) is 5.57 Å². The van der Waals surface area contributed by atoms with E-state index in [2.05, 4.69) is 35.7 Å². The maximum Gasteiger partial charge on any atom is 0.266 e. The molecule has 1 amide bonds. The molecule has 0 aromatic heterocycles. The van der Waals surface area contributed by atoms with E-state index in [1.54, 1.807) is 0 Å². The fourth-order valence-corrected chi connectivity index (χ4v) is 3.40. The van der Waals surface area contributed by atoms with E-state index >= 15 is 0 Å². The molecule has 1 saturated carbocycles. The Balaban J connectivity index is 1.60. The van der Waals surface area contributed by atoms with Gasteiger partial charge >= 0.3 is 0 Å². The summed E-state index contributed by atoms with van der Waals surface area (Å²) in [5, 5.41) is 12.3. The monoisotopic (exact) mass is 344 g/mol. The van der Waals surface area contributed by atoms with Crippen LogP contribution in [0.15, 0.2) is 65.7 Å². The molecule has 0 aliphatic heterocycles. The summed E-state index contributed by atoms with van der Waals surface area (Å²) in [7, 11) is 0. The Morgan fingerprint density at radius 2 is 1.50 bits per heavy atom. The second-order valence-electron chi connectivity index (χ2n) is 6.79. The van der Waals surface area contributed by atoms with E-state index in [0.717, 1.165) is 49.8 Å². The predicted molar refractivity (Wildman–Crippen MR) is 105 cm³/mol. The molecule has 26 heavy (non-hydrogen) atoms. The van der Waals surface area contributed by atoms with Gasteiger partial charge in [0, 0.05) is 5.69 Å². The Labute approximate surface area is 155 Å². The third kappa shape index (κ3) is 4.83. The van der Waals surface area contributed by atoms with Crippen LogP contribution in [-0.4, -0.2) is 5.91 Å². The van der Waals surface area contributed by atoms with Crippen LogP contribution < -0.4 is 5.32 Å². The van der Waals surface area contributed by atoms with Crippen molar-refractivity contribution < 1.29 is 4.79 Å². The third-order valence-corrected chi connectivity index (χ3v) is 4.91. The molecule has 3 rings (SSSR count). The smallest absolute Gasteiger partial charge is 0.266 e. The van der Waals surface area contributed by atoms with Gasteiger partial charge in [-0.3, -0.25) is 4.79 Å². The highest BCUT2D eigenvalue weighted by molar-refractivity contribution is 6.07. The van der Waals surface area contributed by atoms with Crippen LogP contribution in [0.4, 0.5) is 5.69 Å². The van der Waals surface area contributed by atoms with Crippen LogP contribution in [0.2, 0.25) is 0 Å². The highest BCUT2D eigenvalue weighted by Crippen LogP contribution is 2.26. The van der Waals surface area contributed by atoms with Crippen molar-refractivity contribution in [2.45, 2.75) is 44.9 Å². The number of hydrogen-bond donors (Lipinski definition) is 1. The summed E-state index contributed by atoms with van der Waals surface area (Å²) in [6.45, 7) is 0. The van der Waals surface area contributed by atoms with Crippen molar-refractivity contribution in [2.75, 3.05) is 5.32 Å². The molecule has 0 radical (unpaired) electrons. The first kappa shape index (κ1) is 17.9. The number of carbonyl (C=O) groups excluding carboxylic acids is 1. The number of rotatable bonds is 5. The Hall–Kier alpha value is -2.86. The fourth-order valence-electron chi connectivity index (χ4n) is 3.40. The van der Waals surface area contributed by atoms with E-state index in [-0.39, 0.29) is 5.91 Å². The summed E-state index contributed by atoms with van der Waals surface area (Å²) in [6.07, 6.45) is 7.04. The lowest BCUT2D eigenvalue weighted by atomic mass is 9.91. The molecule has 1 N–H and O–H groups in total. The van der Waals surface area contributed by atoms with Crippen LogP contribution in [-0.2, 0) is 17.6 Å². The summed E-state index contributed by atoms with van der Waals surface area (Å²) >= 11 is 0. The second kappa shape index (κ2) is 9.01. The topological polar surface area (TPSA) is 52.9 Å². The maximum atomic E-state index is 12.4. The lowest BCUT2D eigenvalue weighted by molar-refractivity contribution is -0.112. The van der Waals surface area contributed by atoms with Gasteiger partial charge in [0.25, 0.3) is 5.91 Å². The van der Waals surface area contributed by atoms with Gasteiger partial charge in [-0.1, -0.05) is 48.9 Å². The first-order chi connectivity index (χ1) is 12.8. The van der Waals surface area contributed by atoms with Crippen LogP contribution in [0.1, 0.15) is 43.2 Å². The Morgan fingerprint density at radius 1 is 0.885 bits per heavy atom. The third-order valence-electron chi connectivity index (χ3n) is 4.91. The highest BCUT2D eigenvalue weighted by Gasteiger charge is 2.17. The van der Waals surface area contributed by atoms with Gasteiger partial charge in [0.2, 0.25) is 0 Å². The summed E-state index contributed by atoms with van der Waals surface area (Å²) in [5.74, 6) is -0.276. The lowest BCUT2D eigenvalue weighted by Gasteiger charge is -2.15. The Morgan fingerprint density at radius 3 is 2.12 bits per heavy atom. The van der Waals surface area contributed by atoms with Crippen LogP contribution in [0, 0.1) is 11.3 Å². The summed E-state index contributed by atoms with van der Waals surface area (Å²) < 4.78 is 0. The van der Waals surface area contributed by atoms with Crippen molar-refractivity contribution in [3.05, 3.63) is 76.9 Å². The standard InChI is InChI=1S/C23H24N2O/c24-17-22(20-9-5-2-6-10-20)23(26)25-21-15-13-19(14-16-21)12-11-18-7-3-1-4-8-18/h1,3-4,7-8,13-16H,2,5-6,9-12H2,(H,25,26). The number of carbonyl (C=O) groups is 1. The van der Waals surface area contributed by atoms with E-state index in [4.69, 9.17) is 0 Å². The van der Waals surface area contributed by atoms with Crippen LogP contribution in [0.3, 0.4) is 0 Å². The van der Waals surface area contributed by atoms with Crippen molar-refractivity contribution in [3.8, 4) is 6.07 Å². The molecular weight excluding hydrogens is 320 g/mol. The Kier molecular flexibility index (Phi) is 6.22. The SMILES string of the molecule is N#CC(C(=O)Nc1ccc(CCc2ccccc2)cc1)=C1CCCCC1. The molecule has 0 unspecified atom stereocenters. The lowest BCUT2D eigenvalue weighted by Crippen LogP contribution is -2.16. The van der Waals surface area contributed by atoms with Crippen molar-refractivity contribution in [1.82, 2.24) is 0 Å². The molecule has 0 bridgehead atoms. The molecular formula is C23H24N2O. The van der Waals surface area contributed by atoms with E-state index in [1.165, 1.54) is 17.5 Å². The molecule has 3 nitrogen and oxygen atoms in total. The first-order valence-electron chi connectivity index (χ1n) is 9.32. The van der Waals surface area contributed by atoms with Gasteiger partial charge < -0.3 is 5.32 Å². The zero-order chi connectivity index (χ0) is 18.2. The summed E-state index contributed by atoms with van der Waals surface area (Å²) in [6, 6.07) is 20.4. The molecule has 1 aliphatic rings. The van der Waals surface area contributed by atoms with Crippen molar-refractivity contribution in [1.29, 1.82) is 5.26 Å². The minimum atomic E-state index is -0.276. The first-order valence-corrected chi connectivity index (χ1v) is 9.32. The number of aryl methyl sites for hydroxylation is 2. The largest absolute Gasteiger partial charge is 0.321 e. The number of hydrogen-bond acceptors (Lipinski definition) is 2. The van der Waals surface area contributed by atoms with Gasteiger partial charge in [-0.15, -0.1) is 0 Å². The van der Waals surface area contributed by atoms with E-state index in [9.17, 15) is 10.1 Å². The van der Waals surface area contributed by atoms with Crippen LogP contribution in [0.5, 0.6) is 0 Å². The molecule has 2 aromatic carbocycles. The predicted octanol–water partition coefficient (Wildman–Crippen LogP) is 5.19. The van der Waals surface area contributed by atoms with Crippen molar-refractivity contribution in [2.24, 2.45) is 0 Å². The van der Waals surface area contributed by atoms with Gasteiger partial charge in [0.15, 0.2) is 0 Å². The van der Waals surface area contributed by atoms with Gasteiger partial charge in [-0.05, 0) is 67.4 Å². The molecule has 0 heterocycles. The average Bonchev–Trinajstić information content (AvgIpc) is 2.70. The maximum absolute atomic E-state index is 12.4. The van der Waals surface area contributed by atoms with Gasteiger partial charge in [-0.2, -0.15) is 5.26 Å². The molecule has 0 spiro atoms. The number of nitrogens with one attached hydrogen (secondary N) is 1. The van der Waals surface area contributed by atoms with Crippen molar-refractivity contribution >= 4 is 11.6 Å². The molecule has 1 aliphatic carbocycles. The number of allylic oxidation sites excluding steroid dienone is 1. The minimum absolute atomic E-state index is 0.276. The highest BCUT2D eigenvalue weighted by atomic mass is 16.1. The molecule has 1 fully saturated rings. The van der Waals surface area contributed by atoms with Crippen LogP contribution in [0.25, 0.3) is 0 Å². The number of nitrogens with zero attached hydrogens (tertiary/aromatic N) is 1. The number of amides is 1. The normalized spacial score (nSPS) is 13.7. The summed E-state index contributed by atoms with van der Waals surface area (Å²) in [5.41, 5.74) is 4.61. The number of nitriles is 1. The van der Waals surface area contributed by atoms with E-state index in [1.807, 2.05) is 30.3 Å². The number of benzene rings is 2. The number of anilines is 1. The van der Waals surface area contributed by atoms with E-state index < -0.39 is 0 Å². The Bertz CT molecular complexity index is 806. The van der Waals surface area contributed by atoms with Crippen LogP contribution >= 0.6 is 0 Å². The van der Waals surface area contributed by atoms with Gasteiger partial charge in [0.1, 0.15) is 11.6 Å². The zero-order valence-corrected chi connectivity index (χ0v) is 15.0. The van der Waals surface area contributed by atoms with Crippen molar-refractivity contribution in [3.63, 3.8) is 0 Å². The van der Waals surface area contributed by atoms with Gasteiger partial charge in [-0.25, -0.2) is 0 Å². The summed E-state index contributed by atoms with van der Waals surface area (Å²) in [4.78, 5) is 12.4. The second-order valence-corrected chi connectivity index (χ2v) is 6.79. The molecule has 132 valence electrons. The minimum Gasteiger partial charge on any atom is -0.321 e. The fraction of sp³-hybridized carbons (Fsp3) is 0.304. The molecule has 0 atom stereocenters. The molecule has 0 saturated heterocycles. The molecule has 2 aromatic rings. The zero-order valence-electron chi connectivity index (χ0n) is 15.0. The average molecular weight is 344 g/mol.